The van der Waals surface area contributed by atoms with Crippen molar-refractivity contribution in [3.05, 3.63) is 84.2 Å². The fourth-order valence-corrected chi connectivity index (χ4v) is 3.62. The zero-order chi connectivity index (χ0) is 20.1. The van der Waals surface area contributed by atoms with E-state index in [1.54, 1.807) is 30.3 Å². The molecule has 0 aliphatic carbocycles. The Bertz CT molecular complexity index is 1120. The molecule has 8 heteroatoms. The Morgan fingerprint density at radius 1 is 0.964 bits per heavy atom. The van der Waals surface area contributed by atoms with Crippen molar-refractivity contribution in [2.24, 2.45) is 0 Å². The number of anilines is 2. The quantitative estimate of drug-likeness (QED) is 0.658. The first-order chi connectivity index (χ1) is 13.4. The summed E-state index contributed by atoms with van der Waals surface area (Å²) in [5.41, 5.74) is 0.678. The number of hydrogen-bond acceptors (Lipinski definition) is 4. The number of benzene rings is 3. The third-order valence-electron chi connectivity index (χ3n) is 3.84. The smallest absolute Gasteiger partial charge is 0.262 e. The standard InChI is InChI=1S/C20H17FN2O4S/c1-27-19-11-3-2-10-18(19)23-28(25,26)17-9-5-8-16(13-17)22-20(24)14-6-4-7-15(21)12-14/h2-13,23H,1H3,(H,22,24). The lowest BCUT2D eigenvalue weighted by Gasteiger charge is -2.12. The molecular weight excluding hydrogens is 383 g/mol. The van der Waals surface area contributed by atoms with Gasteiger partial charge in [-0.25, -0.2) is 12.8 Å². The van der Waals surface area contributed by atoms with Gasteiger partial charge in [-0.1, -0.05) is 24.3 Å². The molecule has 0 atom stereocenters. The first kappa shape index (κ1) is 19.4. The number of para-hydroxylation sites is 2. The van der Waals surface area contributed by atoms with Gasteiger partial charge in [0.1, 0.15) is 11.6 Å². The van der Waals surface area contributed by atoms with E-state index < -0.39 is 21.7 Å². The van der Waals surface area contributed by atoms with Gasteiger partial charge in [0.05, 0.1) is 17.7 Å². The zero-order valence-corrected chi connectivity index (χ0v) is 15.7. The molecule has 3 aromatic carbocycles. The molecule has 1 amide bonds. The molecular formula is C20H17FN2O4S. The van der Waals surface area contributed by atoms with Gasteiger partial charge in [-0.15, -0.1) is 0 Å². The highest BCUT2D eigenvalue weighted by molar-refractivity contribution is 7.92. The number of hydrogen-bond donors (Lipinski definition) is 2. The molecule has 0 fully saturated rings. The maximum Gasteiger partial charge on any atom is 0.262 e. The Morgan fingerprint density at radius 2 is 1.71 bits per heavy atom. The molecule has 6 nitrogen and oxygen atoms in total. The van der Waals surface area contributed by atoms with E-state index in [0.29, 0.717) is 11.4 Å². The number of sulfonamides is 1. The minimum atomic E-state index is -3.92. The summed E-state index contributed by atoms with van der Waals surface area (Å²) in [6.07, 6.45) is 0. The first-order valence-electron chi connectivity index (χ1n) is 8.22. The van der Waals surface area contributed by atoms with E-state index >= 15 is 0 Å². The minimum Gasteiger partial charge on any atom is -0.495 e. The summed E-state index contributed by atoms with van der Waals surface area (Å²) in [6, 6.07) is 17.6. The number of methoxy groups -OCH3 is 1. The predicted molar refractivity (Wildman–Crippen MR) is 105 cm³/mol. The Hall–Kier alpha value is -3.39. The van der Waals surface area contributed by atoms with E-state index in [9.17, 15) is 17.6 Å². The molecule has 2 N–H and O–H groups in total. The first-order valence-corrected chi connectivity index (χ1v) is 9.70. The second-order valence-corrected chi connectivity index (χ2v) is 7.48. The molecule has 144 valence electrons. The lowest BCUT2D eigenvalue weighted by atomic mass is 10.2. The third kappa shape index (κ3) is 4.47. The topological polar surface area (TPSA) is 84.5 Å². The lowest BCUT2D eigenvalue weighted by molar-refractivity contribution is 0.102. The second kappa shape index (κ2) is 8.10. The Kier molecular flexibility index (Phi) is 5.60. The van der Waals surface area contributed by atoms with Crippen LogP contribution in [0.4, 0.5) is 15.8 Å². The van der Waals surface area contributed by atoms with Gasteiger partial charge in [-0.05, 0) is 48.5 Å². The van der Waals surface area contributed by atoms with Crippen LogP contribution in [0.3, 0.4) is 0 Å². The molecule has 0 radical (unpaired) electrons. The molecule has 0 spiro atoms. The van der Waals surface area contributed by atoms with Crippen molar-refractivity contribution in [3.63, 3.8) is 0 Å². The number of rotatable bonds is 6. The summed E-state index contributed by atoms with van der Waals surface area (Å²) in [5.74, 6) is -0.710. The van der Waals surface area contributed by atoms with E-state index in [4.69, 9.17) is 4.74 Å². The molecule has 3 aromatic rings. The van der Waals surface area contributed by atoms with Gasteiger partial charge in [0.25, 0.3) is 15.9 Å². The highest BCUT2D eigenvalue weighted by Gasteiger charge is 2.17. The van der Waals surface area contributed by atoms with E-state index in [0.717, 1.165) is 6.07 Å². The Morgan fingerprint density at radius 3 is 2.46 bits per heavy atom. The minimum absolute atomic E-state index is 0.0459. The fourth-order valence-electron chi connectivity index (χ4n) is 2.51. The van der Waals surface area contributed by atoms with Crippen LogP contribution in [-0.4, -0.2) is 21.4 Å². The average Bonchev–Trinajstić information content (AvgIpc) is 2.68. The van der Waals surface area contributed by atoms with Crippen LogP contribution in [-0.2, 0) is 10.0 Å². The van der Waals surface area contributed by atoms with Crippen molar-refractivity contribution in [3.8, 4) is 5.75 Å². The highest BCUT2D eigenvalue weighted by Crippen LogP contribution is 2.27. The van der Waals surface area contributed by atoms with E-state index in [2.05, 4.69) is 10.0 Å². The van der Waals surface area contributed by atoms with Gasteiger partial charge in [0, 0.05) is 11.3 Å². The van der Waals surface area contributed by atoms with Crippen LogP contribution in [0.15, 0.2) is 77.7 Å². The normalized spacial score (nSPS) is 10.9. The van der Waals surface area contributed by atoms with Crippen LogP contribution in [0.2, 0.25) is 0 Å². The van der Waals surface area contributed by atoms with Crippen molar-refractivity contribution in [1.29, 1.82) is 0 Å². The molecule has 0 bridgehead atoms. The molecule has 3 rings (SSSR count). The summed E-state index contributed by atoms with van der Waals surface area (Å²) < 4.78 is 46.3. The zero-order valence-electron chi connectivity index (χ0n) is 14.8. The third-order valence-corrected chi connectivity index (χ3v) is 5.20. The van der Waals surface area contributed by atoms with Crippen LogP contribution in [0.25, 0.3) is 0 Å². The van der Waals surface area contributed by atoms with Gasteiger partial charge in [0.15, 0.2) is 0 Å². The summed E-state index contributed by atoms with van der Waals surface area (Å²) in [5, 5.41) is 2.56. The molecule has 0 unspecified atom stereocenters. The van der Waals surface area contributed by atoms with Crippen molar-refractivity contribution in [1.82, 2.24) is 0 Å². The SMILES string of the molecule is COc1ccccc1NS(=O)(=O)c1cccc(NC(=O)c2cccc(F)c2)c1. The second-order valence-electron chi connectivity index (χ2n) is 5.80. The average molecular weight is 400 g/mol. The summed E-state index contributed by atoms with van der Waals surface area (Å²) in [6.45, 7) is 0. The molecule has 0 aromatic heterocycles. The number of carbonyl (C=O) groups is 1. The molecule has 0 saturated heterocycles. The molecule has 0 aliphatic heterocycles. The van der Waals surface area contributed by atoms with E-state index in [1.807, 2.05) is 0 Å². The maximum absolute atomic E-state index is 13.3. The van der Waals surface area contributed by atoms with Crippen LogP contribution < -0.4 is 14.8 Å². The van der Waals surface area contributed by atoms with Crippen molar-refractivity contribution >= 4 is 27.3 Å². The van der Waals surface area contributed by atoms with Crippen LogP contribution in [0.5, 0.6) is 5.75 Å². The predicted octanol–water partition coefficient (Wildman–Crippen LogP) is 3.89. The van der Waals surface area contributed by atoms with Gasteiger partial charge in [-0.2, -0.15) is 0 Å². The van der Waals surface area contributed by atoms with Gasteiger partial charge in [-0.3, -0.25) is 9.52 Å². The lowest BCUT2D eigenvalue weighted by Crippen LogP contribution is -2.15. The van der Waals surface area contributed by atoms with Gasteiger partial charge in [0.2, 0.25) is 0 Å². The highest BCUT2D eigenvalue weighted by atomic mass is 32.2. The van der Waals surface area contributed by atoms with E-state index in [1.165, 1.54) is 43.5 Å². The number of ether oxygens (including phenoxy) is 1. The molecule has 0 saturated carbocycles. The Balaban J connectivity index is 1.83. The molecule has 0 aliphatic rings. The van der Waals surface area contributed by atoms with Crippen LogP contribution >= 0.6 is 0 Å². The molecule has 28 heavy (non-hydrogen) atoms. The number of nitrogens with one attached hydrogen (secondary N) is 2. The Labute approximate surface area is 162 Å². The van der Waals surface area contributed by atoms with Crippen molar-refractivity contribution in [2.75, 3.05) is 17.1 Å². The van der Waals surface area contributed by atoms with Crippen LogP contribution in [0.1, 0.15) is 10.4 Å². The van der Waals surface area contributed by atoms with Crippen LogP contribution in [0, 0.1) is 5.82 Å². The summed E-state index contributed by atoms with van der Waals surface area (Å²) in [7, 11) is -2.48. The number of amides is 1. The monoisotopic (exact) mass is 400 g/mol. The largest absolute Gasteiger partial charge is 0.495 e. The van der Waals surface area contributed by atoms with Gasteiger partial charge < -0.3 is 10.1 Å². The van der Waals surface area contributed by atoms with Crippen molar-refractivity contribution < 1.29 is 22.3 Å². The number of halogens is 1. The number of carbonyl (C=O) groups excluding carboxylic acids is 1. The maximum atomic E-state index is 13.3. The van der Waals surface area contributed by atoms with Gasteiger partial charge >= 0.3 is 0 Å². The fraction of sp³-hybridized carbons (Fsp3) is 0.0500. The summed E-state index contributed by atoms with van der Waals surface area (Å²) >= 11 is 0. The summed E-state index contributed by atoms with van der Waals surface area (Å²) in [4.78, 5) is 12.2. The van der Waals surface area contributed by atoms with E-state index in [-0.39, 0.29) is 16.1 Å². The molecule has 0 heterocycles. The van der Waals surface area contributed by atoms with Crippen molar-refractivity contribution in [2.45, 2.75) is 4.90 Å².